The summed E-state index contributed by atoms with van der Waals surface area (Å²) in [5, 5.41) is 3.12. The molecular formula is C19H24N4. The van der Waals surface area contributed by atoms with Gasteiger partial charge in [-0.15, -0.1) is 0 Å². The van der Waals surface area contributed by atoms with E-state index in [0.29, 0.717) is 5.92 Å². The van der Waals surface area contributed by atoms with Crippen LogP contribution in [0.2, 0.25) is 0 Å². The summed E-state index contributed by atoms with van der Waals surface area (Å²) in [6.45, 7) is 6.54. The Balaban J connectivity index is 1.73. The summed E-state index contributed by atoms with van der Waals surface area (Å²) in [6.07, 6.45) is 2.52. The lowest BCUT2D eigenvalue weighted by Crippen LogP contribution is -2.42. The molecule has 0 amide bonds. The van der Waals surface area contributed by atoms with Gasteiger partial charge >= 0.3 is 0 Å². The van der Waals surface area contributed by atoms with Gasteiger partial charge in [-0.25, -0.2) is 4.98 Å². The largest absolute Gasteiger partial charge is 0.357 e. The van der Waals surface area contributed by atoms with Crippen molar-refractivity contribution in [3.05, 3.63) is 47.2 Å². The second-order valence-electron chi connectivity index (χ2n) is 7.40. The van der Waals surface area contributed by atoms with E-state index in [0.717, 1.165) is 24.9 Å². The summed E-state index contributed by atoms with van der Waals surface area (Å²) in [6, 6.07) is 11.0. The van der Waals surface area contributed by atoms with Crippen molar-refractivity contribution in [2.75, 3.05) is 23.8 Å². The summed E-state index contributed by atoms with van der Waals surface area (Å²) < 4.78 is 0. The molecule has 120 valence electrons. The zero-order valence-electron chi connectivity index (χ0n) is 14.1. The first-order valence-electron chi connectivity index (χ1n) is 8.47. The first-order valence-corrected chi connectivity index (χ1v) is 8.47. The van der Waals surface area contributed by atoms with Crippen LogP contribution >= 0.6 is 0 Å². The molecular weight excluding hydrogens is 284 g/mol. The molecule has 0 unspecified atom stereocenters. The maximum absolute atomic E-state index is 4.73. The summed E-state index contributed by atoms with van der Waals surface area (Å²) in [7, 11) is 1.89. The third kappa shape index (κ3) is 2.67. The number of hydrogen-bond acceptors (Lipinski definition) is 4. The van der Waals surface area contributed by atoms with Crippen LogP contribution in [0.15, 0.2) is 30.3 Å². The van der Waals surface area contributed by atoms with Crippen LogP contribution in [0.25, 0.3) is 0 Å². The monoisotopic (exact) mass is 308 g/mol. The maximum atomic E-state index is 4.73. The average molecular weight is 308 g/mol. The minimum atomic E-state index is 0.124. The van der Waals surface area contributed by atoms with Gasteiger partial charge in [-0.3, -0.25) is 0 Å². The Morgan fingerprint density at radius 2 is 1.96 bits per heavy atom. The van der Waals surface area contributed by atoms with Crippen molar-refractivity contribution < 1.29 is 0 Å². The molecule has 1 aromatic heterocycles. The van der Waals surface area contributed by atoms with Crippen molar-refractivity contribution in [3.8, 4) is 0 Å². The van der Waals surface area contributed by atoms with Crippen LogP contribution in [0.5, 0.6) is 0 Å². The van der Waals surface area contributed by atoms with E-state index >= 15 is 0 Å². The molecule has 1 saturated carbocycles. The topological polar surface area (TPSA) is 41.1 Å². The lowest BCUT2D eigenvalue weighted by atomic mass is 9.78. The molecule has 1 aliphatic heterocycles. The Hall–Kier alpha value is -2.10. The lowest BCUT2D eigenvalue weighted by molar-refractivity contribution is 0.474. The standard InChI is InChI=1S/C19H24N4/c1-19(2)12-23(11-14-6-4-5-7-15(14)19)17-10-16(13-8-9-13)21-18(20-3)22-17/h4-7,10,13H,8-9,11-12H2,1-3H3,(H,20,21,22). The number of fused-ring (bicyclic) bond motifs is 1. The fraction of sp³-hybridized carbons (Fsp3) is 0.474. The quantitative estimate of drug-likeness (QED) is 0.939. The van der Waals surface area contributed by atoms with Gasteiger partial charge in [-0.1, -0.05) is 38.1 Å². The van der Waals surface area contributed by atoms with Gasteiger partial charge in [0.1, 0.15) is 5.82 Å². The van der Waals surface area contributed by atoms with Crippen molar-refractivity contribution in [2.24, 2.45) is 0 Å². The zero-order valence-corrected chi connectivity index (χ0v) is 14.1. The minimum absolute atomic E-state index is 0.124. The molecule has 1 N–H and O–H groups in total. The maximum Gasteiger partial charge on any atom is 0.224 e. The van der Waals surface area contributed by atoms with Gasteiger partial charge in [0, 0.05) is 37.5 Å². The van der Waals surface area contributed by atoms with Gasteiger partial charge in [0.05, 0.1) is 5.69 Å². The van der Waals surface area contributed by atoms with Crippen LogP contribution in [-0.2, 0) is 12.0 Å². The molecule has 0 spiro atoms. The number of benzene rings is 1. The molecule has 0 radical (unpaired) electrons. The van der Waals surface area contributed by atoms with Gasteiger partial charge in [-0.05, 0) is 24.0 Å². The highest BCUT2D eigenvalue weighted by Crippen LogP contribution is 2.41. The molecule has 23 heavy (non-hydrogen) atoms. The fourth-order valence-electron chi connectivity index (χ4n) is 3.62. The number of rotatable bonds is 3. The van der Waals surface area contributed by atoms with Crippen molar-refractivity contribution >= 4 is 11.8 Å². The fourth-order valence-corrected chi connectivity index (χ4v) is 3.62. The number of hydrogen-bond donors (Lipinski definition) is 1. The van der Waals surface area contributed by atoms with E-state index in [4.69, 9.17) is 4.98 Å². The molecule has 0 saturated heterocycles. The zero-order chi connectivity index (χ0) is 16.0. The summed E-state index contributed by atoms with van der Waals surface area (Å²) >= 11 is 0. The van der Waals surface area contributed by atoms with Gasteiger partial charge in [0.25, 0.3) is 0 Å². The SMILES string of the molecule is CNc1nc(C2CC2)cc(N2Cc3ccccc3C(C)(C)C2)n1. The number of aromatic nitrogens is 2. The van der Waals surface area contributed by atoms with Crippen molar-refractivity contribution in [1.29, 1.82) is 0 Å². The smallest absolute Gasteiger partial charge is 0.224 e. The third-order valence-electron chi connectivity index (χ3n) is 4.97. The Kier molecular flexibility index (Phi) is 3.29. The van der Waals surface area contributed by atoms with Crippen molar-refractivity contribution in [1.82, 2.24) is 9.97 Å². The van der Waals surface area contributed by atoms with Crippen LogP contribution in [0, 0.1) is 0 Å². The lowest BCUT2D eigenvalue weighted by Gasteiger charge is -2.40. The summed E-state index contributed by atoms with van der Waals surface area (Å²) in [5.74, 6) is 2.42. The number of nitrogens with zero attached hydrogens (tertiary/aromatic N) is 3. The van der Waals surface area contributed by atoms with Crippen LogP contribution < -0.4 is 10.2 Å². The van der Waals surface area contributed by atoms with E-state index in [2.05, 4.69) is 59.4 Å². The first-order chi connectivity index (χ1) is 11.1. The summed E-state index contributed by atoms with van der Waals surface area (Å²) in [4.78, 5) is 11.8. The Morgan fingerprint density at radius 1 is 1.17 bits per heavy atom. The van der Waals surface area contributed by atoms with Crippen LogP contribution in [0.3, 0.4) is 0 Å². The Bertz CT molecular complexity index is 734. The van der Waals surface area contributed by atoms with E-state index in [1.807, 2.05) is 7.05 Å². The van der Waals surface area contributed by atoms with Gasteiger partial charge in [0.15, 0.2) is 0 Å². The Morgan fingerprint density at radius 3 is 2.70 bits per heavy atom. The second-order valence-corrected chi connectivity index (χ2v) is 7.40. The molecule has 1 fully saturated rings. The molecule has 0 bridgehead atoms. The van der Waals surface area contributed by atoms with Crippen molar-refractivity contribution in [3.63, 3.8) is 0 Å². The van der Waals surface area contributed by atoms with Gasteiger partial charge < -0.3 is 10.2 Å². The summed E-state index contributed by atoms with van der Waals surface area (Å²) in [5.41, 5.74) is 4.18. The highest BCUT2D eigenvalue weighted by atomic mass is 15.2. The third-order valence-corrected chi connectivity index (χ3v) is 4.97. The molecule has 0 atom stereocenters. The van der Waals surface area contributed by atoms with E-state index in [1.165, 1.54) is 29.7 Å². The normalized spacial score (nSPS) is 19.3. The first kappa shape index (κ1) is 14.5. The molecule has 4 heteroatoms. The highest BCUT2D eigenvalue weighted by molar-refractivity contribution is 5.51. The Labute approximate surface area is 138 Å². The molecule has 4 nitrogen and oxygen atoms in total. The van der Waals surface area contributed by atoms with E-state index < -0.39 is 0 Å². The number of anilines is 2. The molecule has 1 aliphatic carbocycles. The van der Waals surface area contributed by atoms with Gasteiger partial charge in [0.2, 0.25) is 5.95 Å². The van der Waals surface area contributed by atoms with Crippen molar-refractivity contribution in [2.45, 2.75) is 44.6 Å². The van der Waals surface area contributed by atoms with Gasteiger partial charge in [-0.2, -0.15) is 4.98 Å². The van der Waals surface area contributed by atoms with Crippen LogP contribution in [-0.4, -0.2) is 23.6 Å². The number of nitrogens with one attached hydrogen (secondary N) is 1. The predicted molar refractivity (Wildman–Crippen MR) is 94.1 cm³/mol. The predicted octanol–water partition coefficient (Wildman–Crippen LogP) is 3.69. The molecule has 4 rings (SSSR count). The van der Waals surface area contributed by atoms with Crippen LogP contribution in [0.4, 0.5) is 11.8 Å². The van der Waals surface area contributed by atoms with E-state index in [-0.39, 0.29) is 5.41 Å². The molecule has 1 aromatic carbocycles. The molecule has 2 aromatic rings. The van der Waals surface area contributed by atoms with E-state index in [9.17, 15) is 0 Å². The second kappa shape index (κ2) is 5.22. The van der Waals surface area contributed by atoms with Crippen LogP contribution in [0.1, 0.15) is 49.4 Å². The average Bonchev–Trinajstić information content (AvgIpc) is 3.38. The highest BCUT2D eigenvalue weighted by Gasteiger charge is 2.33. The molecule has 2 heterocycles. The minimum Gasteiger partial charge on any atom is -0.357 e. The van der Waals surface area contributed by atoms with E-state index in [1.54, 1.807) is 0 Å². The molecule has 2 aliphatic rings.